The highest BCUT2D eigenvalue weighted by Gasteiger charge is 2.12. The van der Waals surface area contributed by atoms with E-state index < -0.39 is 11.8 Å². The van der Waals surface area contributed by atoms with Gasteiger partial charge in [0.2, 0.25) is 5.91 Å². The summed E-state index contributed by atoms with van der Waals surface area (Å²) < 4.78 is 4.80. The van der Waals surface area contributed by atoms with Gasteiger partial charge < -0.3 is 16.0 Å². The Bertz CT molecular complexity index is 401. The van der Waals surface area contributed by atoms with Crippen LogP contribution in [0.15, 0.2) is 27.9 Å². The van der Waals surface area contributed by atoms with E-state index in [0.717, 1.165) is 11.8 Å². The van der Waals surface area contributed by atoms with Crippen molar-refractivity contribution in [3.63, 3.8) is 0 Å². The van der Waals surface area contributed by atoms with Gasteiger partial charge in [0.1, 0.15) is 0 Å². The van der Waals surface area contributed by atoms with Crippen LogP contribution < -0.4 is 16.9 Å². The van der Waals surface area contributed by atoms with E-state index in [9.17, 15) is 9.59 Å². The van der Waals surface area contributed by atoms with Crippen LogP contribution in [0.4, 0.5) is 0 Å². The summed E-state index contributed by atoms with van der Waals surface area (Å²) in [6.45, 7) is 0. The lowest BCUT2D eigenvalue weighted by atomic mass is 10.4. The quantitative estimate of drug-likeness (QED) is 0.283. The fourth-order valence-corrected chi connectivity index (χ4v) is 1.23. The normalized spacial score (nSPS) is 11.1. The summed E-state index contributed by atoms with van der Waals surface area (Å²) in [4.78, 5) is 22.5. The molecule has 0 saturated carbocycles. The maximum absolute atomic E-state index is 11.3. The van der Waals surface area contributed by atoms with Crippen LogP contribution in [0.5, 0.6) is 0 Å². The number of imide groups is 1. The van der Waals surface area contributed by atoms with Gasteiger partial charge in [-0.2, -0.15) is 5.10 Å². The van der Waals surface area contributed by atoms with Crippen LogP contribution in [0, 0.1) is 0 Å². The van der Waals surface area contributed by atoms with Crippen LogP contribution in [-0.2, 0) is 4.79 Å². The molecule has 0 atom stereocenters. The van der Waals surface area contributed by atoms with Crippen LogP contribution in [0.2, 0.25) is 0 Å². The van der Waals surface area contributed by atoms with Gasteiger partial charge in [0.15, 0.2) is 10.9 Å². The number of carbonyl (C=O) groups is 2. The molecule has 2 amide bonds. The molecular formula is C8H10N4O3S. The van der Waals surface area contributed by atoms with Crippen LogP contribution >= 0.6 is 11.8 Å². The zero-order valence-corrected chi connectivity index (χ0v) is 8.99. The molecule has 1 heterocycles. The van der Waals surface area contributed by atoms with Gasteiger partial charge in [-0.1, -0.05) is 11.8 Å². The second-order valence-electron chi connectivity index (χ2n) is 2.61. The van der Waals surface area contributed by atoms with E-state index >= 15 is 0 Å². The summed E-state index contributed by atoms with van der Waals surface area (Å²) >= 11 is 0.932. The van der Waals surface area contributed by atoms with Crippen LogP contribution in [-0.4, -0.2) is 22.7 Å². The molecule has 0 aliphatic heterocycles. The number of hydrogen-bond acceptors (Lipinski definition) is 6. The minimum atomic E-state index is -0.598. The molecule has 0 bridgehead atoms. The molecule has 1 aromatic heterocycles. The molecule has 0 saturated heterocycles. The number of hydrogen-bond donors (Lipinski definition) is 3. The minimum Gasteiger partial charge on any atom is -0.459 e. The van der Waals surface area contributed by atoms with E-state index in [2.05, 4.69) is 10.4 Å². The molecular weight excluding hydrogens is 232 g/mol. The first-order valence-electron chi connectivity index (χ1n) is 4.17. The van der Waals surface area contributed by atoms with E-state index in [-0.39, 0.29) is 16.7 Å². The van der Waals surface area contributed by atoms with E-state index in [4.69, 9.17) is 16.0 Å². The number of amidine groups is 1. The van der Waals surface area contributed by atoms with E-state index in [0.29, 0.717) is 0 Å². The molecule has 0 unspecified atom stereocenters. The third-order valence-electron chi connectivity index (χ3n) is 1.48. The number of nitrogens with two attached hydrogens (primary N) is 2. The number of amides is 2. The number of carbonyl (C=O) groups excluding carboxylic acids is 2. The lowest BCUT2D eigenvalue weighted by Crippen LogP contribution is -2.32. The Labute approximate surface area is 95.2 Å². The predicted molar refractivity (Wildman–Crippen MR) is 59.4 cm³/mol. The zero-order valence-electron chi connectivity index (χ0n) is 8.17. The Balaban J connectivity index is 2.38. The summed E-state index contributed by atoms with van der Waals surface area (Å²) in [5.41, 5.74) is 5.25. The maximum atomic E-state index is 11.3. The average molecular weight is 242 g/mol. The molecule has 0 fully saturated rings. The molecule has 8 heteroatoms. The monoisotopic (exact) mass is 242 g/mol. The van der Waals surface area contributed by atoms with Crippen LogP contribution in [0.3, 0.4) is 0 Å². The largest absolute Gasteiger partial charge is 0.459 e. The van der Waals surface area contributed by atoms with Gasteiger partial charge in [-0.3, -0.25) is 14.9 Å². The van der Waals surface area contributed by atoms with Crippen molar-refractivity contribution < 1.29 is 14.0 Å². The molecule has 5 N–H and O–H groups in total. The fraction of sp³-hybridized carbons (Fsp3) is 0.125. The molecule has 16 heavy (non-hydrogen) atoms. The third-order valence-corrected chi connectivity index (χ3v) is 2.28. The second-order valence-corrected chi connectivity index (χ2v) is 3.61. The summed E-state index contributed by atoms with van der Waals surface area (Å²) in [7, 11) is 0. The van der Waals surface area contributed by atoms with Crippen molar-refractivity contribution >= 4 is 28.7 Å². The first kappa shape index (κ1) is 12.1. The molecule has 0 aliphatic rings. The SMILES string of the molecule is NN=C(N)SCC(=O)NC(=O)c1ccco1. The summed E-state index contributed by atoms with van der Waals surface area (Å²) in [6.07, 6.45) is 1.34. The third kappa shape index (κ3) is 3.65. The smallest absolute Gasteiger partial charge is 0.293 e. The number of thioether (sulfide) groups is 1. The highest BCUT2D eigenvalue weighted by atomic mass is 32.2. The fourth-order valence-electron chi connectivity index (χ4n) is 0.809. The van der Waals surface area contributed by atoms with Gasteiger partial charge >= 0.3 is 0 Å². The van der Waals surface area contributed by atoms with E-state index in [1.54, 1.807) is 6.07 Å². The predicted octanol–water partition coefficient (Wildman–Crippen LogP) is -0.542. The van der Waals surface area contributed by atoms with Crippen molar-refractivity contribution in [1.82, 2.24) is 5.32 Å². The van der Waals surface area contributed by atoms with Gasteiger partial charge in [0.25, 0.3) is 5.91 Å². The average Bonchev–Trinajstić information content (AvgIpc) is 2.79. The molecule has 0 aliphatic carbocycles. The van der Waals surface area contributed by atoms with Crippen molar-refractivity contribution in [1.29, 1.82) is 0 Å². The van der Waals surface area contributed by atoms with Gasteiger partial charge in [0, 0.05) is 0 Å². The van der Waals surface area contributed by atoms with Gasteiger partial charge in [0.05, 0.1) is 12.0 Å². The highest BCUT2D eigenvalue weighted by Crippen LogP contribution is 2.01. The van der Waals surface area contributed by atoms with Gasteiger partial charge in [-0.25, -0.2) is 0 Å². The minimum absolute atomic E-state index is 0.0427. The first-order chi connectivity index (χ1) is 7.63. The molecule has 86 valence electrons. The van der Waals surface area contributed by atoms with Crippen molar-refractivity contribution in [2.75, 3.05) is 5.75 Å². The Morgan fingerprint density at radius 1 is 1.56 bits per heavy atom. The van der Waals surface area contributed by atoms with Crippen molar-refractivity contribution in [3.05, 3.63) is 24.2 Å². The molecule has 0 aromatic carbocycles. The summed E-state index contributed by atoms with van der Waals surface area (Å²) in [6, 6.07) is 3.00. The van der Waals surface area contributed by atoms with Crippen molar-refractivity contribution in [3.8, 4) is 0 Å². The van der Waals surface area contributed by atoms with Crippen LogP contribution in [0.25, 0.3) is 0 Å². The van der Waals surface area contributed by atoms with Crippen molar-refractivity contribution in [2.45, 2.75) is 0 Å². The highest BCUT2D eigenvalue weighted by molar-refractivity contribution is 8.14. The maximum Gasteiger partial charge on any atom is 0.293 e. The van der Waals surface area contributed by atoms with Crippen molar-refractivity contribution in [2.24, 2.45) is 16.7 Å². The van der Waals surface area contributed by atoms with Crippen LogP contribution in [0.1, 0.15) is 10.6 Å². The Morgan fingerprint density at radius 3 is 2.88 bits per heavy atom. The van der Waals surface area contributed by atoms with E-state index in [1.165, 1.54) is 12.3 Å². The molecule has 0 radical (unpaired) electrons. The number of furan rings is 1. The molecule has 7 nitrogen and oxygen atoms in total. The topological polar surface area (TPSA) is 124 Å². The number of hydrazone groups is 1. The number of rotatable bonds is 3. The Hall–Kier alpha value is -1.96. The lowest BCUT2D eigenvalue weighted by molar-refractivity contribution is -0.117. The Kier molecular flexibility index (Phi) is 4.40. The van der Waals surface area contributed by atoms with Gasteiger partial charge in [-0.05, 0) is 12.1 Å². The van der Waals surface area contributed by atoms with Gasteiger partial charge in [-0.15, -0.1) is 0 Å². The lowest BCUT2D eigenvalue weighted by Gasteiger charge is -2.01. The summed E-state index contributed by atoms with van der Waals surface area (Å²) in [5.74, 6) is 3.79. The number of nitrogens with zero attached hydrogens (tertiary/aromatic N) is 1. The zero-order chi connectivity index (χ0) is 12.0. The second kappa shape index (κ2) is 5.81. The first-order valence-corrected chi connectivity index (χ1v) is 5.16. The molecule has 1 aromatic rings. The van der Waals surface area contributed by atoms with E-state index in [1.807, 2.05) is 0 Å². The standard InChI is InChI=1S/C8H10N4O3S/c9-8(12-10)16-4-6(13)11-7(14)5-2-1-3-15-5/h1-3H,4,10H2,(H2,9,12)(H,11,13,14). The summed E-state index contributed by atoms with van der Waals surface area (Å²) in [5, 5.41) is 5.35. The number of nitrogens with one attached hydrogen (secondary N) is 1. The molecule has 0 spiro atoms. The Morgan fingerprint density at radius 2 is 2.31 bits per heavy atom. The molecule has 1 rings (SSSR count).